The number of amides is 1. The Morgan fingerprint density at radius 1 is 1.17 bits per heavy atom. The summed E-state index contributed by atoms with van der Waals surface area (Å²) < 4.78 is 10.7. The van der Waals surface area contributed by atoms with Crippen LogP contribution in [0.2, 0.25) is 5.02 Å². The van der Waals surface area contributed by atoms with Gasteiger partial charge < -0.3 is 14.8 Å². The van der Waals surface area contributed by atoms with Crippen LogP contribution < -0.4 is 10.1 Å². The van der Waals surface area contributed by atoms with Gasteiger partial charge in [0.15, 0.2) is 0 Å². The van der Waals surface area contributed by atoms with Crippen LogP contribution in [0.3, 0.4) is 0 Å². The van der Waals surface area contributed by atoms with Crippen LogP contribution in [0.1, 0.15) is 18.0 Å². The van der Waals surface area contributed by atoms with Crippen LogP contribution in [0, 0.1) is 0 Å². The van der Waals surface area contributed by atoms with Gasteiger partial charge in [-0.15, -0.1) is 0 Å². The summed E-state index contributed by atoms with van der Waals surface area (Å²) in [6.07, 6.45) is 1.06. The number of benzene rings is 2. The van der Waals surface area contributed by atoms with Gasteiger partial charge in [0, 0.05) is 37.9 Å². The first-order valence-corrected chi connectivity index (χ1v) is 10.8. The Bertz CT molecular complexity index is 858. The highest BCUT2D eigenvalue weighted by molar-refractivity contribution is 6.32. The minimum Gasteiger partial charge on any atom is -0.495 e. The number of carbonyl (C=O) groups excluding carboxylic acids is 1. The average molecular weight is 430 g/mol. The van der Waals surface area contributed by atoms with Crippen molar-refractivity contribution in [1.82, 2.24) is 9.80 Å². The van der Waals surface area contributed by atoms with E-state index in [-0.39, 0.29) is 11.9 Å². The molecular weight excluding hydrogens is 402 g/mol. The molecule has 7 heteroatoms. The predicted octanol–water partition coefficient (Wildman–Crippen LogP) is 3.43. The number of ether oxygens (including phenoxy) is 2. The number of likely N-dealkylation sites (tertiary alicyclic amines) is 1. The lowest BCUT2D eigenvalue weighted by Gasteiger charge is -2.33. The smallest absolute Gasteiger partial charge is 0.246 e. The van der Waals surface area contributed by atoms with Gasteiger partial charge in [0.2, 0.25) is 5.91 Å². The Labute approximate surface area is 182 Å². The maximum absolute atomic E-state index is 13.4. The fourth-order valence-electron chi connectivity index (χ4n) is 4.36. The van der Waals surface area contributed by atoms with E-state index >= 15 is 0 Å². The van der Waals surface area contributed by atoms with E-state index in [4.69, 9.17) is 21.1 Å². The number of nitrogens with one attached hydrogen (secondary N) is 1. The van der Waals surface area contributed by atoms with Gasteiger partial charge in [-0.05, 0) is 30.2 Å². The molecule has 0 bridgehead atoms. The number of hydrogen-bond acceptors (Lipinski definition) is 5. The van der Waals surface area contributed by atoms with E-state index in [1.807, 2.05) is 36.4 Å². The first-order valence-electron chi connectivity index (χ1n) is 10.4. The van der Waals surface area contributed by atoms with Gasteiger partial charge in [0.05, 0.1) is 25.3 Å². The molecule has 0 aliphatic carbocycles. The SMILES string of the molecule is COc1ccc(NC(=O)[C@@H](c2ccccc2)N2CC[C@H](N3CCOCC3)C2)cc1Cl. The monoisotopic (exact) mass is 429 g/mol. The molecule has 2 aliphatic heterocycles. The molecule has 0 spiro atoms. The number of carbonyl (C=O) groups is 1. The molecule has 2 heterocycles. The third kappa shape index (κ3) is 4.78. The lowest BCUT2D eigenvalue weighted by atomic mass is 10.0. The predicted molar refractivity (Wildman–Crippen MR) is 118 cm³/mol. The molecule has 0 aromatic heterocycles. The Hall–Kier alpha value is -2.12. The summed E-state index contributed by atoms with van der Waals surface area (Å²) >= 11 is 6.24. The maximum Gasteiger partial charge on any atom is 0.246 e. The van der Waals surface area contributed by atoms with Crippen LogP contribution in [-0.2, 0) is 9.53 Å². The molecule has 2 atom stereocenters. The van der Waals surface area contributed by atoms with Crippen molar-refractivity contribution in [2.75, 3.05) is 51.8 Å². The first-order chi connectivity index (χ1) is 14.7. The van der Waals surface area contributed by atoms with Crippen molar-refractivity contribution in [3.05, 3.63) is 59.1 Å². The summed E-state index contributed by atoms with van der Waals surface area (Å²) in [4.78, 5) is 18.2. The molecule has 4 rings (SSSR count). The molecule has 1 amide bonds. The highest BCUT2D eigenvalue weighted by atomic mass is 35.5. The zero-order valence-electron chi connectivity index (χ0n) is 17.2. The van der Waals surface area contributed by atoms with Crippen molar-refractivity contribution < 1.29 is 14.3 Å². The molecule has 2 aromatic carbocycles. The topological polar surface area (TPSA) is 54.0 Å². The molecule has 160 valence electrons. The third-order valence-corrected chi connectivity index (χ3v) is 6.20. The highest BCUT2D eigenvalue weighted by Gasteiger charge is 2.36. The molecule has 30 heavy (non-hydrogen) atoms. The number of morpholine rings is 1. The lowest BCUT2D eigenvalue weighted by molar-refractivity contribution is -0.121. The molecule has 2 fully saturated rings. The quantitative estimate of drug-likeness (QED) is 0.762. The summed E-state index contributed by atoms with van der Waals surface area (Å²) in [6, 6.07) is 15.4. The van der Waals surface area contributed by atoms with Crippen LogP contribution in [0.5, 0.6) is 5.75 Å². The van der Waals surface area contributed by atoms with Gasteiger partial charge in [-0.1, -0.05) is 41.9 Å². The third-order valence-electron chi connectivity index (χ3n) is 5.91. The van der Waals surface area contributed by atoms with Gasteiger partial charge >= 0.3 is 0 Å². The summed E-state index contributed by atoms with van der Waals surface area (Å²) in [5.74, 6) is 0.534. The Balaban J connectivity index is 1.51. The van der Waals surface area contributed by atoms with Crippen LogP contribution in [0.4, 0.5) is 5.69 Å². The van der Waals surface area contributed by atoms with Crippen molar-refractivity contribution in [2.45, 2.75) is 18.5 Å². The molecule has 6 nitrogen and oxygen atoms in total. The van der Waals surface area contributed by atoms with Crippen LogP contribution in [0.25, 0.3) is 0 Å². The summed E-state index contributed by atoms with van der Waals surface area (Å²) in [5, 5.41) is 3.52. The largest absolute Gasteiger partial charge is 0.495 e. The van der Waals surface area contributed by atoms with Gasteiger partial charge in [0.25, 0.3) is 0 Å². The van der Waals surface area contributed by atoms with E-state index in [1.54, 1.807) is 19.2 Å². The highest BCUT2D eigenvalue weighted by Crippen LogP contribution is 2.31. The number of anilines is 1. The molecule has 2 aliphatic rings. The normalized spacial score (nSPS) is 21.3. The van der Waals surface area contributed by atoms with Crippen molar-refractivity contribution in [1.29, 1.82) is 0 Å². The van der Waals surface area contributed by atoms with Crippen molar-refractivity contribution in [3.63, 3.8) is 0 Å². The summed E-state index contributed by atoms with van der Waals surface area (Å²) in [7, 11) is 1.57. The van der Waals surface area contributed by atoms with Crippen LogP contribution in [0.15, 0.2) is 48.5 Å². The molecule has 1 N–H and O–H groups in total. The van der Waals surface area contributed by atoms with E-state index in [1.165, 1.54) is 0 Å². The van der Waals surface area contributed by atoms with E-state index < -0.39 is 0 Å². The van der Waals surface area contributed by atoms with Gasteiger partial charge in [0.1, 0.15) is 11.8 Å². The van der Waals surface area contributed by atoms with E-state index in [0.29, 0.717) is 22.5 Å². The molecular formula is C23H28ClN3O3. The number of methoxy groups -OCH3 is 1. The van der Waals surface area contributed by atoms with E-state index in [2.05, 4.69) is 15.1 Å². The maximum atomic E-state index is 13.4. The Morgan fingerprint density at radius 2 is 1.93 bits per heavy atom. The van der Waals surface area contributed by atoms with Gasteiger partial charge in [-0.3, -0.25) is 14.6 Å². The number of nitrogens with zero attached hydrogens (tertiary/aromatic N) is 2. The van der Waals surface area contributed by atoms with E-state index in [0.717, 1.165) is 51.4 Å². The van der Waals surface area contributed by atoms with E-state index in [9.17, 15) is 4.79 Å². The number of rotatable bonds is 6. The average Bonchev–Trinajstić information content (AvgIpc) is 3.25. The second-order valence-electron chi connectivity index (χ2n) is 7.74. The minimum atomic E-state index is -0.349. The zero-order chi connectivity index (χ0) is 20.9. The zero-order valence-corrected chi connectivity index (χ0v) is 18.0. The molecule has 2 aromatic rings. The molecule has 2 saturated heterocycles. The van der Waals surface area contributed by atoms with Crippen molar-refractivity contribution in [3.8, 4) is 5.75 Å². The molecule has 0 unspecified atom stereocenters. The fourth-order valence-corrected chi connectivity index (χ4v) is 4.62. The second-order valence-corrected chi connectivity index (χ2v) is 8.14. The summed E-state index contributed by atoms with van der Waals surface area (Å²) in [5.41, 5.74) is 1.66. The Kier molecular flexibility index (Phi) is 6.89. The first kappa shape index (κ1) is 21.1. The molecule has 0 saturated carbocycles. The van der Waals surface area contributed by atoms with Crippen molar-refractivity contribution >= 4 is 23.2 Å². The lowest BCUT2D eigenvalue weighted by Crippen LogP contribution is -2.45. The van der Waals surface area contributed by atoms with Crippen LogP contribution >= 0.6 is 11.6 Å². The summed E-state index contributed by atoms with van der Waals surface area (Å²) in [6.45, 7) is 5.26. The minimum absolute atomic E-state index is 0.0509. The number of halogens is 1. The second kappa shape index (κ2) is 9.79. The van der Waals surface area contributed by atoms with Crippen molar-refractivity contribution in [2.24, 2.45) is 0 Å². The standard InChI is InChI=1S/C23H28ClN3O3/c1-29-21-8-7-18(15-20(21)24)25-23(28)22(17-5-3-2-4-6-17)27-10-9-19(16-27)26-11-13-30-14-12-26/h2-8,15,19,22H,9-14,16H2,1H3,(H,25,28)/t19-,22+/m0/s1. The fraction of sp³-hybridized carbons (Fsp3) is 0.435. The number of hydrogen-bond donors (Lipinski definition) is 1. The molecule has 0 radical (unpaired) electrons. The van der Waals surface area contributed by atoms with Crippen LogP contribution in [-0.4, -0.2) is 68.3 Å². The van der Waals surface area contributed by atoms with Gasteiger partial charge in [-0.2, -0.15) is 0 Å². The van der Waals surface area contributed by atoms with Gasteiger partial charge in [-0.25, -0.2) is 0 Å². The Morgan fingerprint density at radius 3 is 2.63 bits per heavy atom.